The van der Waals surface area contributed by atoms with Gasteiger partial charge in [0.05, 0.1) is 4.92 Å². The molecule has 5 amide bonds. The van der Waals surface area contributed by atoms with Crippen molar-refractivity contribution in [3.05, 3.63) is 69.8 Å². The number of anilines is 1. The number of nitrogens with two attached hydrogens (primary N) is 1. The van der Waals surface area contributed by atoms with Gasteiger partial charge in [0.15, 0.2) is 0 Å². The number of amides is 5. The summed E-state index contributed by atoms with van der Waals surface area (Å²) in [5.74, 6) is -1.98. The van der Waals surface area contributed by atoms with Gasteiger partial charge in [0.1, 0.15) is 12.1 Å². The normalized spacial score (nSPS) is 18.1. The van der Waals surface area contributed by atoms with E-state index in [-0.39, 0.29) is 16.8 Å². The van der Waals surface area contributed by atoms with Crippen LogP contribution in [0, 0.1) is 10.1 Å². The first-order valence-corrected chi connectivity index (χ1v) is 8.70. The van der Waals surface area contributed by atoms with E-state index in [0.717, 1.165) is 4.90 Å². The Kier molecular flexibility index (Phi) is 5.20. The molecule has 0 radical (unpaired) electrons. The number of hydrogen-bond acceptors (Lipinski definition) is 6. The van der Waals surface area contributed by atoms with Crippen molar-refractivity contribution in [3.63, 3.8) is 0 Å². The summed E-state index contributed by atoms with van der Waals surface area (Å²) in [5, 5.41) is 16.0. The van der Waals surface area contributed by atoms with Crippen molar-refractivity contribution >= 4 is 35.1 Å². The van der Waals surface area contributed by atoms with Gasteiger partial charge in [-0.3, -0.25) is 29.4 Å². The van der Waals surface area contributed by atoms with E-state index in [1.54, 1.807) is 0 Å². The Hall–Kier alpha value is -4.28. The summed E-state index contributed by atoms with van der Waals surface area (Å²) in [6, 6.07) is 10.3. The van der Waals surface area contributed by atoms with Crippen LogP contribution in [0.3, 0.4) is 0 Å². The molecule has 11 heteroatoms. The van der Waals surface area contributed by atoms with Crippen molar-refractivity contribution in [2.75, 3.05) is 11.9 Å². The smallest absolute Gasteiger partial charge is 0.325 e. The molecule has 1 atom stereocenters. The highest BCUT2D eigenvalue weighted by molar-refractivity contribution is 6.10. The molecule has 1 unspecified atom stereocenters. The molecule has 1 heterocycles. The van der Waals surface area contributed by atoms with Crippen LogP contribution in [-0.4, -0.2) is 40.1 Å². The highest BCUT2D eigenvalue weighted by atomic mass is 16.6. The first-order valence-electron chi connectivity index (χ1n) is 8.70. The Balaban J connectivity index is 1.74. The largest absolute Gasteiger partial charge is 0.366 e. The Bertz CT molecular complexity index is 1070. The summed E-state index contributed by atoms with van der Waals surface area (Å²) in [5.41, 5.74) is 4.20. The molecule has 3 rings (SSSR count). The van der Waals surface area contributed by atoms with Crippen LogP contribution in [0.15, 0.2) is 48.5 Å². The van der Waals surface area contributed by atoms with Gasteiger partial charge in [-0.15, -0.1) is 0 Å². The summed E-state index contributed by atoms with van der Waals surface area (Å²) in [7, 11) is 0. The predicted octanol–water partition coefficient (Wildman–Crippen LogP) is 1.10. The summed E-state index contributed by atoms with van der Waals surface area (Å²) in [6.07, 6.45) is 0. The van der Waals surface area contributed by atoms with Gasteiger partial charge in [-0.25, -0.2) is 4.79 Å². The van der Waals surface area contributed by atoms with Crippen molar-refractivity contribution in [3.8, 4) is 0 Å². The average Bonchev–Trinajstić information content (AvgIpc) is 2.92. The molecule has 30 heavy (non-hydrogen) atoms. The fourth-order valence-corrected chi connectivity index (χ4v) is 3.03. The fourth-order valence-electron chi connectivity index (χ4n) is 3.03. The number of non-ortho nitro benzene ring substituents is 1. The minimum Gasteiger partial charge on any atom is -0.366 e. The molecule has 0 saturated carbocycles. The van der Waals surface area contributed by atoms with Crippen LogP contribution >= 0.6 is 0 Å². The molecule has 1 fully saturated rings. The van der Waals surface area contributed by atoms with E-state index in [1.165, 1.54) is 55.5 Å². The molecule has 2 aromatic rings. The van der Waals surface area contributed by atoms with Crippen LogP contribution in [0.2, 0.25) is 0 Å². The third kappa shape index (κ3) is 3.81. The van der Waals surface area contributed by atoms with Gasteiger partial charge in [-0.05, 0) is 36.8 Å². The molecular formula is C19H17N5O6. The zero-order valence-corrected chi connectivity index (χ0v) is 15.7. The fraction of sp³-hybridized carbons (Fsp3) is 0.158. The lowest BCUT2D eigenvalue weighted by atomic mass is 9.91. The van der Waals surface area contributed by atoms with Crippen molar-refractivity contribution in [2.24, 2.45) is 5.73 Å². The number of rotatable bonds is 6. The number of nitrogens with one attached hydrogen (secondary N) is 2. The Labute approximate surface area is 170 Å². The van der Waals surface area contributed by atoms with E-state index in [2.05, 4.69) is 10.6 Å². The molecule has 1 saturated heterocycles. The van der Waals surface area contributed by atoms with Crippen LogP contribution in [0.5, 0.6) is 0 Å². The van der Waals surface area contributed by atoms with Gasteiger partial charge in [0.25, 0.3) is 11.6 Å². The van der Waals surface area contributed by atoms with Crippen LogP contribution in [-0.2, 0) is 15.1 Å². The molecule has 0 aliphatic carbocycles. The number of hydrogen-bond donors (Lipinski definition) is 3. The second-order valence-corrected chi connectivity index (χ2v) is 6.74. The number of imide groups is 1. The Morgan fingerprint density at radius 3 is 2.47 bits per heavy atom. The maximum Gasteiger partial charge on any atom is 0.325 e. The number of nitro benzene ring substituents is 1. The quantitative estimate of drug-likeness (QED) is 0.366. The third-order valence-electron chi connectivity index (χ3n) is 4.66. The Morgan fingerprint density at radius 2 is 1.87 bits per heavy atom. The van der Waals surface area contributed by atoms with Crippen LogP contribution in [0.4, 0.5) is 16.2 Å². The molecule has 11 nitrogen and oxygen atoms in total. The Morgan fingerprint density at radius 1 is 1.20 bits per heavy atom. The standard InChI is InChI=1S/C19H17N5O6/c1-19(12-3-2-4-14(9-12)24(29)30)17(27)23(18(28)22-19)10-15(25)21-13-7-5-11(6-8-13)16(20)26/h2-9H,10H2,1H3,(H2,20,26)(H,21,25)(H,22,28). The summed E-state index contributed by atoms with van der Waals surface area (Å²) in [6.45, 7) is 0.847. The second-order valence-electron chi connectivity index (χ2n) is 6.74. The lowest BCUT2D eigenvalue weighted by Gasteiger charge is -2.22. The predicted molar refractivity (Wildman–Crippen MR) is 104 cm³/mol. The monoisotopic (exact) mass is 411 g/mol. The molecule has 0 spiro atoms. The molecule has 1 aliphatic rings. The van der Waals surface area contributed by atoms with Gasteiger partial charge in [0, 0.05) is 23.4 Å². The summed E-state index contributed by atoms with van der Waals surface area (Å²) < 4.78 is 0. The minimum absolute atomic E-state index is 0.222. The lowest BCUT2D eigenvalue weighted by molar-refractivity contribution is -0.385. The van der Waals surface area contributed by atoms with E-state index in [4.69, 9.17) is 5.73 Å². The maximum absolute atomic E-state index is 12.9. The van der Waals surface area contributed by atoms with Gasteiger partial charge < -0.3 is 16.4 Å². The minimum atomic E-state index is -1.55. The van der Waals surface area contributed by atoms with Gasteiger partial charge in [0.2, 0.25) is 11.8 Å². The molecule has 0 bridgehead atoms. The molecule has 154 valence electrons. The second kappa shape index (κ2) is 7.62. The average molecular weight is 411 g/mol. The zero-order chi connectivity index (χ0) is 22.1. The van der Waals surface area contributed by atoms with E-state index >= 15 is 0 Å². The summed E-state index contributed by atoms with van der Waals surface area (Å²) >= 11 is 0. The molecule has 0 aromatic heterocycles. The highest BCUT2D eigenvalue weighted by Gasteiger charge is 2.49. The van der Waals surface area contributed by atoms with Crippen LogP contribution in [0.1, 0.15) is 22.8 Å². The van der Waals surface area contributed by atoms with Crippen LogP contribution in [0.25, 0.3) is 0 Å². The number of primary amides is 1. The third-order valence-corrected chi connectivity index (χ3v) is 4.66. The number of carbonyl (C=O) groups is 4. The van der Waals surface area contributed by atoms with E-state index < -0.39 is 40.8 Å². The topological polar surface area (TPSA) is 165 Å². The van der Waals surface area contributed by atoms with E-state index in [0.29, 0.717) is 5.69 Å². The maximum atomic E-state index is 12.9. The molecular weight excluding hydrogens is 394 g/mol. The molecule has 2 aromatic carbocycles. The summed E-state index contributed by atoms with van der Waals surface area (Å²) in [4.78, 5) is 59.7. The molecule has 1 aliphatic heterocycles. The first kappa shape index (κ1) is 20.5. The van der Waals surface area contributed by atoms with Crippen molar-refractivity contribution in [1.82, 2.24) is 10.2 Å². The lowest BCUT2D eigenvalue weighted by Crippen LogP contribution is -2.42. The van der Waals surface area contributed by atoms with Crippen molar-refractivity contribution in [1.29, 1.82) is 0 Å². The highest BCUT2D eigenvalue weighted by Crippen LogP contribution is 2.30. The number of nitro groups is 1. The first-order chi connectivity index (χ1) is 14.1. The SMILES string of the molecule is CC1(c2cccc([N+](=O)[O-])c2)NC(=O)N(CC(=O)Nc2ccc(C(N)=O)cc2)C1=O. The van der Waals surface area contributed by atoms with Gasteiger partial charge in [-0.1, -0.05) is 12.1 Å². The number of carbonyl (C=O) groups excluding carboxylic acids is 4. The zero-order valence-electron chi connectivity index (χ0n) is 15.7. The van der Waals surface area contributed by atoms with Gasteiger partial charge >= 0.3 is 6.03 Å². The van der Waals surface area contributed by atoms with E-state index in [1.807, 2.05) is 0 Å². The van der Waals surface area contributed by atoms with Crippen molar-refractivity contribution < 1.29 is 24.1 Å². The number of urea groups is 1. The van der Waals surface area contributed by atoms with E-state index in [9.17, 15) is 29.3 Å². The van der Waals surface area contributed by atoms with Crippen molar-refractivity contribution in [2.45, 2.75) is 12.5 Å². The van der Waals surface area contributed by atoms with Crippen LogP contribution < -0.4 is 16.4 Å². The van der Waals surface area contributed by atoms with Gasteiger partial charge in [-0.2, -0.15) is 0 Å². The number of nitrogens with zero attached hydrogens (tertiary/aromatic N) is 2. The molecule has 4 N–H and O–H groups in total. The number of benzene rings is 2.